The molecule has 0 saturated carbocycles. The zero-order valence-corrected chi connectivity index (χ0v) is 8.75. The molecule has 82 valence electrons. The normalized spacial score (nSPS) is 9.81. The summed E-state index contributed by atoms with van der Waals surface area (Å²) in [6.45, 7) is 0. The van der Waals surface area contributed by atoms with Gasteiger partial charge in [-0.05, 0) is 18.2 Å². The first-order chi connectivity index (χ1) is 7.79. The molecule has 0 spiro atoms. The van der Waals surface area contributed by atoms with Crippen LogP contribution in [0.25, 0.3) is 0 Å². The number of nitrogen functional groups attached to an aromatic ring is 1. The van der Waals surface area contributed by atoms with Gasteiger partial charge < -0.3 is 15.2 Å². The molecule has 0 radical (unpaired) electrons. The Morgan fingerprint density at radius 2 is 1.94 bits per heavy atom. The fraction of sp³-hybridized carbons (Fsp3) is 0.0909. The molecule has 2 N–H and O–H groups in total. The summed E-state index contributed by atoms with van der Waals surface area (Å²) >= 11 is 0. The van der Waals surface area contributed by atoms with Gasteiger partial charge in [0.05, 0.1) is 12.8 Å². The van der Waals surface area contributed by atoms with Crippen molar-refractivity contribution in [3.8, 4) is 17.5 Å². The number of ether oxygens (including phenoxy) is 2. The number of nitrogens with zero attached hydrogens (tertiary/aromatic N) is 2. The molecule has 1 aromatic carbocycles. The highest BCUT2D eigenvalue weighted by Crippen LogP contribution is 2.27. The van der Waals surface area contributed by atoms with Crippen LogP contribution in [-0.4, -0.2) is 17.1 Å². The monoisotopic (exact) mass is 217 g/mol. The van der Waals surface area contributed by atoms with Gasteiger partial charge in [0.15, 0.2) is 0 Å². The molecule has 0 aliphatic rings. The summed E-state index contributed by atoms with van der Waals surface area (Å²) in [5.41, 5.74) is 6.25. The molecule has 0 saturated heterocycles. The Balaban J connectivity index is 2.20. The number of benzene rings is 1. The highest BCUT2D eigenvalue weighted by Gasteiger charge is 2.03. The summed E-state index contributed by atoms with van der Waals surface area (Å²) in [5, 5.41) is 0. The molecule has 16 heavy (non-hydrogen) atoms. The van der Waals surface area contributed by atoms with Crippen LogP contribution in [0.3, 0.4) is 0 Å². The first kappa shape index (κ1) is 10.2. The molecule has 0 aliphatic heterocycles. The fourth-order valence-electron chi connectivity index (χ4n) is 1.22. The van der Waals surface area contributed by atoms with E-state index in [1.165, 1.54) is 0 Å². The largest absolute Gasteiger partial charge is 0.495 e. The summed E-state index contributed by atoms with van der Waals surface area (Å²) in [6.07, 6.45) is 3.21. The van der Waals surface area contributed by atoms with Crippen molar-refractivity contribution in [3.05, 3.63) is 36.7 Å². The maximum absolute atomic E-state index is 5.74. The quantitative estimate of drug-likeness (QED) is 0.794. The minimum absolute atomic E-state index is 0.284. The van der Waals surface area contributed by atoms with E-state index in [9.17, 15) is 0 Å². The SMILES string of the molecule is COc1ccc(Oc2ncccn2)cc1N. The number of rotatable bonds is 3. The van der Waals surface area contributed by atoms with E-state index in [-0.39, 0.29) is 6.01 Å². The molecule has 1 aromatic heterocycles. The smallest absolute Gasteiger partial charge is 0.321 e. The van der Waals surface area contributed by atoms with E-state index in [1.807, 2.05) is 0 Å². The summed E-state index contributed by atoms with van der Waals surface area (Å²) in [7, 11) is 1.56. The van der Waals surface area contributed by atoms with E-state index in [2.05, 4.69) is 9.97 Å². The molecule has 0 aliphatic carbocycles. The van der Waals surface area contributed by atoms with Crippen LogP contribution in [0.1, 0.15) is 0 Å². The first-order valence-electron chi connectivity index (χ1n) is 4.68. The Morgan fingerprint density at radius 1 is 1.19 bits per heavy atom. The van der Waals surface area contributed by atoms with Crippen LogP contribution in [0.2, 0.25) is 0 Å². The second-order valence-corrected chi connectivity index (χ2v) is 3.04. The number of hydrogen-bond acceptors (Lipinski definition) is 5. The van der Waals surface area contributed by atoms with Crippen LogP contribution < -0.4 is 15.2 Å². The van der Waals surface area contributed by atoms with E-state index in [0.717, 1.165) is 0 Å². The van der Waals surface area contributed by atoms with E-state index >= 15 is 0 Å². The van der Waals surface area contributed by atoms with Crippen molar-refractivity contribution >= 4 is 5.69 Å². The molecular weight excluding hydrogens is 206 g/mol. The lowest BCUT2D eigenvalue weighted by Gasteiger charge is -2.07. The Kier molecular flexibility index (Phi) is 2.86. The number of methoxy groups -OCH3 is 1. The topological polar surface area (TPSA) is 70.3 Å². The molecule has 5 nitrogen and oxygen atoms in total. The maximum atomic E-state index is 5.74. The van der Waals surface area contributed by atoms with E-state index in [0.29, 0.717) is 17.2 Å². The van der Waals surface area contributed by atoms with Crippen LogP contribution in [0.4, 0.5) is 5.69 Å². The van der Waals surface area contributed by atoms with E-state index in [1.54, 1.807) is 43.8 Å². The second-order valence-electron chi connectivity index (χ2n) is 3.04. The Bertz CT molecular complexity index is 474. The van der Waals surface area contributed by atoms with Crippen LogP contribution in [0.15, 0.2) is 36.7 Å². The number of aromatic nitrogens is 2. The second kappa shape index (κ2) is 4.48. The molecule has 5 heteroatoms. The van der Waals surface area contributed by atoms with Gasteiger partial charge in [0.25, 0.3) is 0 Å². The Hall–Kier alpha value is -2.30. The van der Waals surface area contributed by atoms with Gasteiger partial charge >= 0.3 is 6.01 Å². The van der Waals surface area contributed by atoms with Gasteiger partial charge in [-0.2, -0.15) is 0 Å². The van der Waals surface area contributed by atoms with Crippen LogP contribution >= 0.6 is 0 Å². The van der Waals surface area contributed by atoms with Gasteiger partial charge in [0.1, 0.15) is 11.5 Å². The number of hydrogen-bond donors (Lipinski definition) is 1. The Labute approximate surface area is 92.9 Å². The van der Waals surface area contributed by atoms with Crippen molar-refractivity contribution in [1.29, 1.82) is 0 Å². The summed E-state index contributed by atoms with van der Waals surface area (Å²) < 4.78 is 10.4. The molecule has 1 heterocycles. The van der Waals surface area contributed by atoms with E-state index < -0.39 is 0 Å². The summed E-state index contributed by atoms with van der Waals surface area (Å²) in [4.78, 5) is 7.88. The van der Waals surface area contributed by atoms with Crippen molar-refractivity contribution in [1.82, 2.24) is 9.97 Å². The molecular formula is C11H11N3O2. The summed E-state index contributed by atoms with van der Waals surface area (Å²) in [6, 6.07) is 7.14. The van der Waals surface area contributed by atoms with Crippen LogP contribution in [-0.2, 0) is 0 Å². The zero-order valence-electron chi connectivity index (χ0n) is 8.75. The average molecular weight is 217 g/mol. The van der Waals surface area contributed by atoms with Crippen molar-refractivity contribution in [2.24, 2.45) is 0 Å². The molecule has 0 bridgehead atoms. The highest BCUT2D eigenvalue weighted by molar-refractivity contribution is 5.56. The van der Waals surface area contributed by atoms with E-state index in [4.69, 9.17) is 15.2 Å². The van der Waals surface area contributed by atoms with Crippen molar-refractivity contribution in [2.75, 3.05) is 12.8 Å². The molecule has 0 fully saturated rings. The van der Waals surface area contributed by atoms with Gasteiger partial charge in [-0.3, -0.25) is 0 Å². The third-order valence-electron chi connectivity index (χ3n) is 1.95. The fourth-order valence-corrected chi connectivity index (χ4v) is 1.22. The van der Waals surface area contributed by atoms with Crippen LogP contribution in [0, 0.1) is 0 Å². The third kappa shape index (κ3) is 2.20. The number of anilines is 1. The lowest BCUT2D eigenvalue weighted by Crippen LogP contribution is -1.94. The molecule has 2 aromatic rings. The third-order valence-corrected chi connectivity index (χ3v) is 1.95. The minimum Gasteiger partial charge on any atom is -0.495 e. The van der Waals surface area contributed by atoms with Gasteiger partial charge in [0, 0.05) is 18.5 Å². The van der Waals surface area contributed by atoms with Gasteiger partial charge in [-0.15, -0.1) is 0 Å². The van der Waals surface area contributed by atoms with Crippen LogP contribution in [0.5, 0.6) is 17.5 Å². The van der Waals surface area contributed by atoms with Crippen molar-refractivity contribution in [2.45, 2.75) is 0 Å². The van der Waals surface area contributed by atoms with Gasteiger partial charge in [-0.1, -0.05) is 0 Å². The molecule has 0 unspecified atom stereocenters. The molecule has 0 atom stereocenters. The zero-order chi connectivity index (χ0) is 11.4. The first-order valence-corrected chi connectivity index (χ1v) is 4.68. The number of nitrogens with two attached hydrogens (primary N) is 1. The van der Waals surface area contributed by atoms with Gasteiger partial charge in [0.2, 0.25) is 0 Å². The Morgan fingerprint density at radius 3 is 2.56 bits per heavy atom. The van der Waals surface area contributed by atoms with Crippen molar-refractivity contribution in [3.63, 3.8) is 0 Å². The highest BCUT2D eigenvalue weighted by atomic mass is 16.5. The predicted molar refractivity (Wildman–Crippen MR) is 59.5 cm³/mol. The molecule has 0 amide bonds. The molecule has 2 rings (SSSR count). The predicted octanol–water partition coefficient (Wildman–Crippen LogP) is 1.86. The van der Waals surface area contributed by atoms with Crippen molar-refractivity contribution < 1.29 is 9.47 Å². The van der Waals surface area contributed by atoms with Gasteiger partial charge in [-0.25, -0.2) is 9.97 Å². The minimum atomic E-state index is 0.284. The lowest BCUT2D eigenvalue weighted by atomic mass is 10.3. The maximum Gasteiger partial charge on any atom is 0.321 e. The average Bonchev–Trinajstić information content (AvgIpc) is 2.31. The lowest BCUT2D eigenvalue weighted by molar-refractivity contribution is 0.413. The standard InChI is InChI=1S/C11H11N3O2/c1-15-10-4-3-8(7-9(10)12)16-11-13-5-2-6-14-11/h2-7H,12H2,1H3. The summed E-state index contributed by atoms with van der Waals surface area (Å²) in [5.74, 6) is 1.19.